The Morgan fingerprint density at radius 2 is 2.23 bits per heavy atom. The van der Waals surface area contributed by atoms with Crippen LogP contribution in [-0.2, 0) is 10.5 Å². The van der Waals surface area contributed by atoms with Crippen molar-refractivity contribution in [2.75, 3.05) is 18.8 Å². The minimum Gasteiger partial charge on any atom is -0.341 e. The van der Waals surface area contributed by atoms with Gasteiger partial charge in [0.25, 0.3) is 0 Å². The lowest BCUT2D eigenvalue weighted by atomic mass is 9.97. The predicted octanol–water partition coefficient (Wildman–Crippen LogP) is 4.08. The van der Waals surface area contributed by atoms with E-state index in [-0.39, 0.29) is 11.8 Å². The van der Waals surface area contributed by atoms with Crippen molar-refractivity contribution in [2.24, 2.45) is 0 Å². The highest BCUT2D eigenvalue weighted by molar-refractivity contribution is 7.99. The van der Waals surface area contributed by atoms with Crippen molar-refractivity contribution < 1.29 is 4.79 Å². The number of carbonyl (C=O) groups is 1. The fourth-order valence-corrected chi connectivity index (χ4v) is 5.44. The van der Waals surface area contributed by atoms with Crippen LogP contribution < -0.4 is 0 Å². The summed E-state index contributed by atoms with van der Waals surface area (Å²) in [5, 5.41) is 8.62. The number of amides is 1. The highest BCUT2D eigenvalue weighted by Crippen LogP contribution is 2.28. The molecule has 5 nitrogen and oxygen atoms in total. The lowest BCUT2D eigenvalue weighted by molar-refractivity contribution is -0.129. The molecule has 136 valence electrons. The number of thiophene rings is 1. The Balaban J connectivity index is 1.36. The van der Waals surface area contributed by atoms with Crippen LogP contribution >= 0.6 is 34.7 Å². The number of hydrogen-bond donors (Lipinski definition) is 0. The topological polar surface area (TPSA) is 50.5 Å². The minimum absolute atomic E-state index is 0.205. The van der Waals surface area contributed by atoms with Crippen molar-refractivity contribution in [1.82, 2.24) is 19.5 Å². The number of rotatable bonds is 5. The third-order valence-corrected chi connectivity index (χ3v) is 6.96. The van der Waals surface area contributed by atoms with Gasteiger partial charge in [0.1, 0.15) is 5.82 Å². The summed E-state index contributed by atoms with van der Waals surface area (Å²) >= 11 is 9.18. The number of aromatic nitrogens is 3. The summed E-state index contributed by atoms with van der Waals surface area (Å²) in [5.74, 6) is 2.74. The standard InChI is InChI=1S/C18H19ClN4OS2/c19-15-7-6-14(26-15)11-25-12-17(24)22-8-3-4-13(10-22)18-21-20-16-5-1-2-9-23(16)18/h1-2,5-7,9,13H,3-4,8,10-12H2/t13-/m1/s1. The van der Waals surface area contributed by atoms with Crippen LogP contribution in [-0.4, -0.2) is 44.2 Å². The van der Waals surface area contributed by atoms with Gasteiger partial charge in [0.15, 0.2) is 5.65 Å². The highest BCUT2D eigenvalue weighted by Gasteiger charge is 2.27. The van der Waals surface area contributed by atoms with E-state index in [9.17, 15) is 4.79 Å². The van der Waals surface area contributed by atoms with Crippen LogP contribution in [0.4, 0.5) is 0 Å². The van der Waals surface area contributed by atoms with Gasteiger partial charge in [0, 0.05) is 35.8 Å². The number of pyridine rings is 1. The lowest BCUT2D eigenvalue weighted by Gasteiger charge is -2.32. The fraction of sp³-hybridized carbons (Fsp3) is 0.389. The van der Waals surface area contributed by atoms with E-state index in [0.29, 0.717) is 5.75 Å². The molecule has 0 bridgehead atoms. The number of likely N-dealkylation sites (tertiary alicyclic amines) is 1. The molecule has 0 saturated carbocycles. The molecule has 3 aromatic heterocycles. The SMILES string of the molecule is O=C(CSCc1ccc(Cl)s1)N1CCC[C@@H](c2nnc3ccccn23)C1. The van der Waals surface area contributed by atoms with Crippen LogP contribution in [0.25, 0.3) is 5.65 Å². The maximum absolute atomic E-state index is 12.6. The summed E-state index contributed by atoms with van der Waals surface area (Å²) in [4.78, 5) is 15.8. The number of thioether (sulfide) groups is 1. The molecule has 1 aliphatic rings. The van der Waals surface area contributed by atoms with Crippen LogP contribution in [0.1, 0.15) is 29.5 Å². The first-order valence-corrected chi connectivity index (χ1v) is 10.9. The number of carbonyl (C=O) groups excluding carboxylic acids is 1. The van der Waals surface area contributed by atoms with Crippen LogP contribution in [0.5, 0.6) is 0 Å². The van der Waals surface area contributed by atoms with Gasteiger partial charge in [-0.1, -0.05) is 17.7 Å². The summed E-state index contributed by atoms with van der Waals surface area (Å²) in [6, 6.07) is 9.83. The smallest absolute Gasteiger partial charge is 0.232 e. The van der Waals surface area contributed by atoms with Crippen LogP contribution in [0.2, 0.25) is 4.34 Å². The van der Waals surface area contributed by atoms with Gasteiger partial charge in [-0.15, -0.1) is 33.3 Å². The minimum atomic E-state index is 0.205. The Bertz CT molecular complexity index is 909. The van der Waals surface area contributed by atoms with Crippen molar-refractivity contribution >= 4 is 46.3 Å². The summed E-state index contributed by atoms with van der Waals surface area (Å²) in [6.45, 7) is 1.55. The molecule has 0 N–H and O–H groups in total. The second-order valence-corrected chi connectivity index (χ2v) is 9.15. The quantitative estimate of drug-likeness (QED) is 0.640. The molecular formula is C18H19ClN4OS2. The highest BCUT2D eigenvalue weighted by atomic mass is 35.5. The molecule has 1 amide bonds. The number of hydrogen-bond acceptors (Lipinski definition) is 5. The zero-order valence-electron chi connectivity index (χ0n) is 14.2. The third-order valence-electron chi connectivity index (χ3n) is 4.58. The molecule has 1 saturated heterocycles. The van der Waals surface area contributed by atoms with Crippen molar-refractivity contribution in [1.29, 1.82) is 0 Å². The van der Waals surface area contributed by atoms with Gasteiger partial charge in [-0.05, 0) is 37.1 Å². The molecule has 1 fully saturated rings. The number of halogens is 1. The second-order valence-electron chi connectivity index (χ2n) is 6.36. The Labute approximate surface area is 165 Å². The zero-order valence-corrected chi connectivity index (χ0v) is 16.6. The molecule has 0 aliphatic carbocycles. The number of nitrogens with zero attached hydrogens (tertiary/aromatic N) is 4. The molecule has 1 atom stereocenters. The van der Waals surface area contributed by atoms with Gasteiger partial charge < -0.3 is 4.90 Å². The fourth-order valence-electron chi connectivity index (χ4n) is 3.31. The Morgan fingerprint density at radius 1 is 1.31 bits per heavy atom. The summed E-state index contributed by atoms with van der Waals surface area (Å²) in [6.07, 6.45) is 4.04. The zero-order chi connectivity index (χ0) is 17.9. The molecule has 8 heteroatoms. The van der Waals surface area contributed by atoms with Crippen molar-refractivity contribution in [2.45, 2.75) is 24.5 Å². The van der Waals surface area contributed by atoms with Crippen LogP contribution in [0.15, 0.2) is 36.5 Å². The monoisotopic (exact) mass is 406 g/mol. The molecule has 0 spiro atoms. The first-order valence-electron chi connectivity index (χ1n) is 8.60. The van der Waals surface area contributed by atoms with Crippen molar-refractivity contribution in [3.8, 4) is 0 Å². The van der Waals surface area contributed by atoms with Crippen LogP contribution in [0, 0.1) is 0 Å². The average Bonchev–Trinajstić information content (AvgIpc) is 3.28. The molecular weight excluding hydrogens is 388 g/mol. The van der Waals surface area contributed by atoms with Crippen LogP contribution in [0.3, 0.4) is 0 Å². The maximum atomic E-state index is 12.6. The van der Waals surface area contributed by atoms with E-state index < -0.39 is 0 Å². The Hall–Kier alpha value is -1.57. The van der Waals surface area contributed by atoms with Crippen molar-refractivity contribution in [3.05, 3.63) is 51.6 Å². The first-order chi connectivity index (χ1) is 12.7. The molecule has 0 radical (unpaired) electrons. The summed E-state index contributed by atoms with van der Waals surface area (Å²) < 4.78 is 2.83. The van der Waals surface area contributed by atoms with E-state index in [1.165, 1.54) is 4.88 Å². The number of piperidine rings is 1. The van der Waals surface area contributed by atoms with Gasteiger partial charge in [0.2, 0.25) is 5.91 Å². The van der Waals surface area contributed by atoms with E-state index in [2.05, 4.69) is 10.2 Å². The number of fused-ring (bicyclic) bond motifs is 1. The Kier molecular flexibility index (Phi) is 5.47. The summed E-state index contributed by atoms with van der Waals surface area (Å²) in [7, 11) is 0. The van der Waals surface area contributed by atoms with E-state index in [1.807, 2.05) is 45.8 Å². The summed E-state index contributed by atoms with van der Waals surface area (Å²) in [5.41, 5.74) is 0.858. The third kappa shape index (κ3) is 3.89. The van der Waals surface area contributed by atoms with E-state index in [4.69, 9.17) is 11.6 Å². The van der Waals surface area contributed by atoms with Crippen molar-refractivity contribution in [3.63, 3.8) is 0 Å². The molecule has 4 heterocycles. The molecule has 3 aromatic rings. The molecule has 0 aromatic carbocycles. The van der Waals surface area contributed by atoms with Gasteiger partial charge in [-0.25, -0.2) is 0 Å². The molecule has 4 rings (SSSR count). The van der Waals surface area contributed by atoms with E-state index in [0.717, 1.165) is 47.5 Å². The van der Waals surface area contributed by atoms with Gasteiger partial charge in [-0.3, -0.25) is 9.20 Å². The molecule has 1 aliphatic heterocycles. The van der Waals surface area contributed by atoms with Gasteiger partial charge in [0.05, 0.1) is 10.1 Å². The maximum Gasteiger partial charge on any atom is 0.232 e. The second kappa shape index (κ2) is 7.98. The van der Waals surface area contributed by atoms with Gasteiger partial charge >= 0.3 is 0 Å². The van der Waals surface area contributed by atoms with E-state index in [1.54, 1.807) is 23.1 Å². The lowest BCUT2D eigenvalue weighted by Crippen LogP contribution is -2.40. The normalized spacial score (nSPS) is 17.7. The van der Waals surface area contributed by atoms with Gasteiger partial charge in [-0.2, -0.15) is 0 Å². The molecule has 0 unspecified atom stereocenters. The largest absolute Gasteiger partial charge is 0.341 e. The predicted molar refractivity (Wildman–Crippen MR) is 107 cm³/mol. The molecule has 26 heavy (non-hydrogen) atoms. The Morgan fingerprint density at radius 3 is 3.08 bits per heavy atom. The van der Waals surface area contributed by atoms with E-state index >= 15 is 0 Å². The first kappa shape index (κ1) is 17.8. The average molecular weight is 407 g/mol.